The average Bonchev–Trinajstić information content (AvgIpc) is 2.42. The van der Waals surface area contributed by atoms with E-state index in [-0.39, 0.29) is 6.04 Å². The first-order valence-corrected chi connectivity index (χ1v) is 7.25. The van der Waals surface area contributed by atoms with Crippen molar-refractivity contribution in [2.75, 3.05) is 19.5 Å². The number of hydrazine groups is 1. The third kappa shape index (κ3) is 3.22. The van der Waals surface area contributed by atoms with E-state index in [1.165, 1.54) is 10.5 Å². The van der Waals surface area contributed by atoms with E-state index in [4.69, 9.17) is 10.6 Å². The van der Waals surface area contributed by atoms with Gasteiger partial charge < -0.3 is 4.74 Å². The van der Waals surface area contributed by atoms with Gasteiger partial charge in [0.05, 0.1) is 0 Å². The van der Waals surface area contributed by atoms with Crippen LogP contribution in [0.3, 0.4) is 0 Å². The van der Waals surface area contributed by atoms with E-state index in [0.717, 1.165) is 26.1 Å². The molecular weight excluding hydrogens is 232 g/mol. The Bertz CT molecular complexity index is 336. The quantitative estimate of drug-likeness (QED) is 0.490. The molecule has 0 spiro atoms. The standard InChI is InChI=1S/C13H20N2OS/c1-17-12-4-2-10(3-5-12)13(15-14)11-6-8-16-9-7-11/h2-5,11,13,15H,6-9,14H2,1H3. The van der Waals surface area contributed by atoms with Crippen molar-refractivity contribution >= 4 is 11.8 Å². The lowest BCUT2D eigenvalue weighted by atomic mass is 9.87. The zero-order valence-corrected chi connectivity index (χ0v) is 11.0. The lowest BCUT2D eigenvalue weighted by Crippen LogP contribution is -2.36. The molecule has 0 radical (unpaired) electrons. The Morgan fingerprint density at radius 1 is 1.29 bits per heavy atom. The summed E-state index contributed by atoms with van der Waals surface area (Å²) in [4.78, 5) is 1.29. The average molecular weight is 252 g/mol. The molecule has 1 aliphatic heterocycles. The molecule has 1 aromatic rings. The third-order valence-corrected chi connectivity index (χ3v) is 4.14. The van der Waals surface area contributed by atoms with Crippen LogP contribution in [0.5, 0.6) is 0 Å². The van der Waals surface area contributed by atoms with E-state index in [1.807, 2.05) is 0 Å². The summed E-state index contributed by atoms with van der Waals surface area (Å²) in [5.74, 6) is 6.29. The molecule has 17 heavy (non-hydrogen) atoms. The van der Waals surface area contributed by atoms with Gasteiger partial charge >= 0.3 is 0 Å². The van der Waals surface area contributed by atoms with Gasteiger partial charge in [-0.25, -0.2) is 0 Å². The molecule has 4 heteroatoms. The normalized spacial score (nSPS) is 19.2. The molecular formula is C13H20N2OS. The molecule has 1 aromatic carbocycles. The minimum absolute atomic E-state index is 0.245. The van der Waals surface area contributed by atoms with Crippen molar-refractivity contribution in [3.05, 3.63) is 29.8 Å². The number of thioether (sulfide) groups is 1. The Hall–Kier alpha value is -0.550. The molecule has 1 unspecified atom stereocenters. The largest absolute Gasteiger partial charge is 0.381 e. The first-order valence-electron chi connectivity index (χ1n) is 6.03. The number of nitrogens with one attached hydrogen (secondary N) is 1. The molecule has 1 fully saturated rings. The van der Waals surface area contributed by atoms with Crippen molar-refractivity contribution in [2.24, 2.45) is 11.8 Å². The number of ether oxygens (including phenoxy) is 1. The second-order valence-corrected chi connectivity index (χ2v) is 5.25. The molecule has 94 valence electrons. The van der Waals surface area contributed by atoms with Crippen LogP contribution in [0.1, 0.15) is 24.4 Å². The molecule has 0 aliphatic carbocycles. The Labute approximate surface area is 107 Å². The molecule has 1 aliphatic rings. The van der Waals surface area contributed by atoms with Gasteiger partial charge in [-0.15, -0.1) is 11.8 Å². The van der Waals surface area contributed by atoms with Gasteiger partial charge in [0.2, 0.25) is 0 Å². The summed E-state index contributed by atoms with van der Waals surface area (Å²) in [6.45, 7) is 1.71. The van der Waals surface area contributed by atoms with Crippen LogP contribution in [0.2, 0.25) is 0 Å². The predicted octanol–water partition coefficient (Wildman–Crippen LogP) is 2.34. The highest BCUT2D eigenvalue weighted by Crippen LogP contribution is 2.30. The van der Waals surface area contributed by atoms with E-state index in [1.54, 1.807) is 11.8 Å². The first-order chi connectivity index (χ1) is 8.35. The maximum Gasteiger partial charge on any atom is 0.0489 e. The van der Waals surface area contributed by atoms with Gasteiger partial charge in [-0.3, -0.25) is 11.3 Å². The monoisotopic (exact) mass is 252 g/mol. The Kier molecular flexibility index (Phi) is 4.86. The molecule has 0 saturated carbocycles. The molecule has 2 rings (SSSR count). The molecule has 3 nitrogen and oxygen atoms in total. The van der Waals surface area contributed by atoms with Gasteiger partial charge in [-0.1, -0.05) is 12.1 Å². The van der Waals surface area contributed by atoms with Gasteiger partial charge in [0, 0.05) is 24.2 Å². The maximum absolute atomic E-state index is 5.71. The fourth-order valence-electron chi connectivity index (χ4n) is 2.36. The van der Waals surface area contributed by atoms with Crippen molar-refractivity contribution in [3.8, 4) is 0 Å². The van der Waals surface area contributed by atoms with Gasteiger partial charge in [-0.2, -0.15) is 0 Å². The zero-order chi connectivity index (χ0) is 12.1. The van der Waals surface area contributed by atoms with Crippen LogP contribution in [0.15, 0.2) is 29.2 Å². The predicted molar refractivity (Wildman–Crippen MR) is 71.8 cm³/mol. The fraction of sp³-hybridized carbons (Fsp3) is 0.538. The van der Waals surface area contributed by atoms with Crippen LogP contribution in [0, 0.1) is 5.92 Å². The Morgan fingerprint density at radius 2 is 1.94 bits per heavy atom. The number of hydrogen-bond donors (Lipinski definition) is 2. The molecule has 3 N–H and O–H groups in total. The summed E-state index contributed by atoms with van der Waals surface area (Å²) in [6, 6.07) is 8.90. The Balaban J connectivity index is 2.10. The lowest BCUT2D eigenvalue weighted by Gasteiger charge is -2.30. The van der Waals surface area contributed by atoms with Crippen molar-refractivity contribution in [1.82, 2.24) is 5.43 Å². The lowest BCUT2D eigenvalue weighted by molar-refractivity contribution is 0.0536. The summed E-state index contributed by atoms with van der Waals surface area (Å²) in [6.07, 6.45) is 4.25. The minimum Gasteiger partial charge on any atom is -0.381 e. The SMILES string of the molecule is CSc1ccc(C(NN)C2CCOCC2)cc1. The molecule has 1 saturated heterocycles. The highest BCUT2D eigenvalue weighted by Gasteiger charge is 2.24. The van der Waals surface area contributed by atoms with E-state index in [0.29, 0.717) is 5.92 Å². The van der Waals surface area contributed by atoms with Gasteiger partial charge in [0.25, 0.3) is 0 Å². The summed E-state index contributed by atoms with van der Waals surface area (Å²) >= 11 is 1.76. The van der Waals surface area contributed by atoms with Crippen LogP contribution in [-0.4, -0.2) is 19.5 Å². The van der Waals surface area contributed by atoms with Gasteiger partial charge in [0.15, 0.2) is 0 Å². The topological polar surface area (TPSA) is 47.3 Å². The highest BCUT2D eigenvalue weighted by atomic mass is 32.2. The Morgan fingerprint density at radius 3 is 2.47 bits per heavy atom. The number of rotatable bonds is 4. The summed E-state index contributed by atoms with van der Waals surface area (Å²) < 4.78 is 5.39. The van der Waals surface area contributed by atoms with Crippen LogP contribution in [-0.2, 0) is 4.74 Å². The van der Waals surface area contributed by atoms with Crippen LogP contribution in [0.25, 0.3) is 0 Å². The van der Waals surface area contributed by atoms with Crippen LogP contribution < -0.4 is 11.3 Å². The van der Waals surface area contributed by atoms with Crippen LogP contribution in [0.4, 0.5) is 0 Å². The second kappa shape index (κ2) is 6.40. The first kappa shape index (κ1) is 12.9. The van der Waals surface area contributed by atoms with Crippen molar-refractivity contribution < 1.29 is 4.74 Å². The van der Waals surface area contributed by atoms with E-state index in [2.05, 4.69) is 35.9 Å². The molecule has 1 heterocycles. The van der Waals surface area contributed by atoms with Crippen molar-refractivity contribution in [2.45, 2.75) is 23.8 Å². The smallest absolute Gasteiger partial charge is 0.0489 e. The van der Waals surface area contributed by atoms with Gasteiger partial charge in [-0.05, 0) is 42.7 Å². The van der Waals surface area contributed by atoms with Gasteiger partial charge in [0.1, 0.15) is 0 Å². The van der Waals surface area contributed by atoms with E-state index in [9.17, 15) is 0 Å². The van der Waals surface area contributed by atoms with E-state index < -0.39 is 0 Å². The summed E-state index contributed by atoms with van der Waals surface area (Å²) in [5.41, 5.74) is 4.24. The zero-order valence-electron chi connectivity index (χ0n) is 10.2. The number of nitrogens with two attached hydrogens (primary N) is 1. The third-order valence-electron chi connectivity index (χ3n) is 3.39. The highest BCUT2D eigenvalue weighted by molar-refractivity contribution is 7.98. The minimum atomic E-state index is 0.245. The molecule has 0 aromatic heterocycles. The summed E-state index contributed by atoms with van der Waals surface area (Å²) in [5, 5.41) is 0. The van der Waals surface area contributed by atoms with Crippen molar-refractivity contribution in [3.63, 3.8) is 0 Å². The van der Waals surface area contributed by atoms with Crippen molar-refractivity contribution in [1.29, 1.82) is 0 Å². The molecule has 0 bridgehead atoms. The number of benzene rings is 1. The molecule has 0 amide bonds. The van der Waals surface area contributed by atoms with Crippen LogP contribution >= 0.6 is 11.8 Å². The van der Waals surface area contributed by atoms with E-state index >= 15 is 0 Å². The second-order valence-electron chi connectivity index (χ2n) is 4.37. The molecule has 1 atom stereocenters. The fourth-order valence-corrected chi connectivity index (χ4v) is 2.77. The number of hydrogen-bond acceptors (Lipinski definition) is 4. The maximum atomic E-state index is 5.71. The summed E-state index contributed by atoms with van der Waals surface area (Å²) in [7, 11) is 0.